The molecule has 0 saturated heterocycles. The molecule has 0 aromatic carbocycles. The van der Waals surface area contributed by atoms with E-state index in [0.717, 1.165) is 6.26 Å². The van der Waals surface area contributed by atoms with Crippen molar-refractivity contribution < 1.29 is 23.1 Å². The van der Waals surface area contributed by atoms with Crippen molar-refractivity contribution in [2.45, 2.75) is 19.9 Å². The minimum atomic E-state index is -3.22. The largest absolute Gasteiger partial charge is 0.477 e. The van der Waals surface area contributed by atoms with Gasteiger partial charge in [0.2, 0.25) is 0 Å². The molecule has 1 amide bonds. The number of carboxylic acid groups (broad SMARTS) is 1. The molecule has 1 unspecified atom stereocenters. The van der Waals surface area contributed by atoms with Crippen LogP contribution in [0.1, 0.15) is 34.7 Å². The van der Waals surface area contributed by atoms with Crippen LogP contribution in [-0.2, 0) is 9.84 Å². The molecular weight excluding hydrogens is 296 g/mol. The van der Waals surface area contributed by atoms with Crippen molar-refractivity contribution in [1.82, 2.24) is 9.88 Å². The van der Waals surface area contributed by atoms with Crippen LogP contribution in [0.3, 0.4) is 0 Å². The van der Waals surface area contributed by atoms with Gasteiger partial charge in [-0.1, -0.05) is 0 Å². The lowest BCUT2D eigenvalue weighted by molar-refractivity contribution is 0.0690. The molecule has 0 bridgehead atoms. The second-order valence-corrected chi connectivity index (χ2v) is 6.95. The molecule has 0 aliphatic carbocycles. The zero-order valence-electron chi connectivity index (χ0n) is 12.1. The molecule has 0 radical (unpaired) electrons. The first-order valence-corrected chi connectivity index (χ1v) is 8.39. The SMILES string of the molecule is CCN(C(=O)c1ccnc(C(=O)O)c1)C(C)CS(C)(=O)=O. The predicted octanol–water partition coefficient (Wildman–Crippen LogP) is 0.675. The van der Waals surface area contributed by atoms with E-state index in [1.54, 1.807) is 13.8 Å². The monoisotopic (exact) mass is 314 g/mol. The van der Waals surface area contributed by atoms with Crippen molar-refractivity contribution in [3.63, 3.8) is 0 Å². The van der Waals surface area contributed by atoms with E-state index in [2.05, 4.69) is 4.98 Å². The maximum absolute atomic E-state index is 12.4. The Labute approximate surface area is 123 Å². The number of pyridine rings is 1. The molecule has 1 aromatic heterocycles. The van der Waals surface area contributed by atoms with Crippen LogP contribution in [0.25, 0.3) is 0 Å². The first kappa shape index (κ1) is 17.1. The summed E-state index contributed by atoms with van der Waals surface area (Å²) in [6.45, 7) is 3.69. The fraction of sp³-hybridized carbons (Fsp3) is 0.462. The van der Waals surface area contributed by atoms with Crippen LogP contribution in [-0.4, -0.2) is 59.9 Å². The van der Waals surface area contributed by atoms with Gasteiger partial charge in [-0.15, -0.1) is 0 Å². The molecule has 0 aliphatic heterocycles. The van der Waals surface area contributed by atoms with Gasteiger partial charge in [-0.2, -0.15) is 0 Å². The van der Waals surface area contributed by atoms with Crippen LogP contribution in [0.4, 0.5) is 0 Å². The van der Waals surface area contributed by atoms with Crippen molar-refractivity contribution in [3.05, 3.63) is 29.6 Å². The molecule has 1 N–H and O–H groups in total. The second kappa shape index (κ2) is 6.66. The van der Waals surface area contributed by atoms with Crippen molar-refractivity contribution in [3.8, 4) is 0 Å². The highest BCUT2D eigenvalue weighted by Crippen LogP contribution is 2.11. The van der Waals surface area contributed by atoms with Crippen LogP contribution in [0, 0.1) is 0 Å². The Morgan fingerprint density at radius 1 is 1.43 bits per heavy atom. The van der Waals surface area contributed by atoms with E-state index in [9.17, 15) is 18.0 Å². The number of nitrogens with zero attached hydrogens (tertiary/aromatic N) is 2. The molecule has 1 aromatic rings. The number of aromatic nitrogens is 1. The summed E-state index contributed by atoms with van der Waals surface area (Å²) in [5, 5.41) is 8.88. The smallest absolute Gasteiger partial charge is 0.354 e. The number of aromatic carboxylic acids is 1. The van der Waals surface area contributed by atoms with Crippen LogP contribution >= 0.6 is 0 Å². The maximum Gasteiger partial charge on any atom is 0.354 e. The summed E-state index contributed by atoms with van der Waals surface area (Å²) < 4.78 is 22.7. The highest BCUT2D eigenvalue weighted by molar-refractivity contribution is 7.90. The first-order valence-electron chi connectivity index (χ1n) is 6.33. The van der Waals surface area contributed by atoms with Crippen molar-refractivity contribution in [2.75, 3.05) is 18.6 Å². The van der Waals surface area contributed by atoms with E-state index in [1.807, 2.05) is 0 Å². The summed E-state index contributed by atoms with van der Waals surface area (Å²) in [4.78, 5) is 28.3. The van der Waals surface area contributed by atoms with Gasteiger partial charge in [-0.05, 0) is 26.0 Å². The number of carbonyl (C=O) groups is 2. The van der Waals surface area contributed by atoms with E-state index in [1.165, 1.54) is 23.2 Å². The van der Waals surface area contributed by atoms with Crippen LogP contribution in [0.2, 0.25) is 0 Å². The number of hydrogen-bond acceptors (Lipinski definition) is 5. The first-order chi connectivity index (χ1) is 9.65. The van der Waals surface area contributed by atoms with Gasteiger partial charge in [-0.3, -0.25) is 4.79 Å². The Morgan fingerprint density at radius 2 is 2.05 bits per heavy atom. The van der Waals surface area contributed by atoms with Crippen molar-refractivity contribution >= 4 is 21.7 Å². The summed E-state index contributed by atoms with van der Waals surface area (Å²) in [7, 11) is -3.22. The quantitative estimate of drug-likeness (QED) is 0.827. The normalized spacial score (nSPS) is 12.7. The van der Waals surface area contributed by atoms with Gasteiger partial charge < -0.3 is 10.0 Å². The third kappa shape index (κ3) is 4.82. The fourth-order valence-electron chi connectivity index (χ4n) is 2.03. The summed E-state index contributed by atoms with van der Waals surface area (Å²) in [6.07, 6.45) is 2.35. The number of carboxylic acids is 1. The molecule has 116 valence electrons. The lowest BCUT2D eigenvalue weighted by Gasteiger charge is -2.27. The third-order valence-electron chi connectivity index (χ3n) is 2.90. The number of carbonyl (C=O) groups excluding carboxylic acids is 1. The predicted molar refractivity (Wildman–Crippen MR) is 77.1 cm³/mol. The summed E-state index contributed by atoms with van der Waals surface area (Å²) in [6, 6.07) is 2.09. The van der Waals surface area contributed by atoms with Crippen molar-refractivity contribution in [1.29, 1.82) is 0 Å². The molecule has 21 heavy (non-hydrogen) atoms. The number of sulfone groups is 1. The second-order valence-electron chi connectivity index (χ2n) is 4.77. The van der Waals surface area contributed by atoms with E-state index in [0.29, 0.717) is 6.54 Å². The molecule has 0 saturated carbocycles. The Morgan fingerprint density at radius 3 is 2.52 bits per heavy atom. The Balaban J connectivity index is 3.03. The Bertz CT molecular complexity index is 642. The molecule has 1 rings (SSSR count). The molecule has 0 fully saturated rings. The minimum Gasteiger partial charge on any atom is -0.477 e. The van der Waals surface area contributed by atoms with E-state index in [4.69, 9.17) is 5.11 Å². The van der Waals surface area contributed by atoms with Crippen LogP contribution in [0.15, 0.2) is 18.3 Å². The zero-order chi connectivity index (χ0) is 16.2. The molecule has 1 heterocycles. The lowest BCUT2D eigenvalue weighted by Crippen LogP contribution is -2.42. The van der Waals surface area contributed by atoms with E-state index >= 15 is 0 Å². The van der Waals surface area contributed by atoms with E-state index in [-0.39, 0.29) is 17.0 Å². The topological polar surface area (TPSA) is 105 Å². The van der Waals surface area contributed by atoms with E-state index < -0.39 is 27.8 Å². The Hall–Kier alpha value is -1.96. The van der Waals surface area contributed by atoms with Gasteiger partial charge in [-0.25, -0.2) is 18.2 Å². The summed E-state index contributed by atoms with van der Waals surface area (Å²) >= 11 is 0. The maximum atomic E-state index is 12.4. The molecule has 8 heteroatoms. The molecule has 7 nitrogen and oxygen atoms in total. The van der Waals surface area contributed by atoms with Crippen molar-refractivity contribution in [2.24, 2.45) is 0 Å². The van der Waals surface area contributed by atoms with Gasteiger partial charge in [0.15, 0.2) is 0 Å². The molecule has 1 atom stereocenters. The molecular formula is C13H18N2O5S. The highest BCUT2D eigenvalue weighted by atomic mass is 32.2. The standard InChI is InChI=1S/C13H18N2O5S/c1-4-15(9(2)8-21(3,19)20)12(16)10-5-6-14-11(7-10)13(17)18/h5-7,9H,4,8H2,1-3H3,(H,17,18). The van der Waals surface area contributed by atoms with Gasteiger partial charge in [0.05, 0.1) is 5.75 Å². The third-order valence-corrected chi connectivity index (χ3v) is 3.99. The van der Waals surface area contributed by atoms with Crippen LogP contribution < -0.4 is 0 Å². The van der Waals surface area contributed by atoms with Gasteiger partial charge in [0.1, 0.15) is 15.5 Å². The zero-order valence-corrected chi connectivity index (χ0v) is 12.9. The summed E-state index contributed by atoms with van der Waals surface area (Å²) in [5.41, 5.74) is -0.0581. The fourth-order valence-corrected chi connectivity index (χ4v) is 3.09. The number of rotatable bonds is 6. The molecule has 0 aliphatic rings. The average Bonchev–Trinajstić information content (AvgIpc) is 2.37. The lowest BCUT2D eigenvalue weighted by atomic mass is 10.1. The number of hydrogen-bond donors (Lipinski definition) is 1. The highest BCUT2D eigenvalue weighted by Gasteiger charge is 2.23. The average molecular weight is 314 g/mol. The molecule has 0 spiro atoms. The van der Waals surface area contributed by atoms with Gasteiger partial charge >= 0.3 is 5.97 Å². The van der Waals surface area contributed by atoms with Gasteiger partial charge in [0, 0.05) is 30.6 Å². The Kier molecular flexibility index (Phi) is 5.42. The van der Waals surface area contributed by atoms with Crippen LogP contribution in [0.5, 0.6) is 0 Å². The minimum absolute atomic E-state index is 0.149. The summed E-state index contributed by atoms with van der Waals surface area (Å²) in [5.74, 6) is -1.79. The van der Waals surface area contributed by atoms with Gasteiger partial charge in [0.25, 0.3) is 5.91 Å². The number of amides is 1.